The first-order valence-corrected chi connectivity index (χ1v) is 6.33. The molecule has 0 spiro atoms. The van der Waals surface area contributed by atoms with Gasteiger partial charge in [0.2, 0.25) is 0 Å². The van der Waals surface area contributed by atoms with Crippen LogP contribution in [-0.4, -0.2) is 24.2 Å². The Bertz CT molecular complexity index is 462. The van der Waals surface area contributed by atoms with Crippen LogP contribution in [0.1, 0.15) is 13.3 Å². The van der Waals surface area contributed by atoms with Crippen molar-refractivity contribution in [3.05, 3.63) is 45.5 Å². The van der Waals surface area contributed by atoms with Gasteiger partial charge in [0.25, 0.3) is 0 Å². The first-order valence-electron chi connectivity index (χ1n) is 5.57. The second kappa shape index (κ2) is 6.78. The Morgan fingerprint density at radius 2 is 1.94 bits per heavy atom. The minimum Gasteiger partial charge on any atom is -0.478 e. The number of rotatable bonds is 5. The number of likely N-dealkylation sites (N-methyl/N-ethyl adjacent to an activating group) is 1. The average molecular weight is 288 g/mol. The summed E-state index contributed by atoms with van der Waals surface area (Å²) in [4.78, 5) is 11.0. The van der Waals surface area contributed by atoms with Crippen LogP contribution in [0.15, 0.2) is 45.5 Å². The molecule has 0 aromatic heterocycles. The van der Waals surface area contributed by atoms with E-state index < -0.39 is 5.97 Å². The van der Waals surface area contributed by atoms with Crippen molar-refractivity contribution < 1.29 is 9.90 Å². The second-order valence-electron chi connectivity index (χ2n) is 3.79. The van der Waals surface area contributed by atoms with Gasteiger partial charge in [-0.05, 0) is 24.1 Å². The Hall–Kier alpha value is -1.03. The summed E-state index contributed by atoms with van der Waals surface area (Å²) in [5.41, 5.74) is 1.53. The lowest BCUT2D eigenvalue weighted by molar-refractivity contribution is -0.132. The Morgan fingerprint density at radius 3 is 2.50 bits per heavy atom. The van der Waals surface area contributed by atoms with E-state index in [1.165, 1.54) is 0 Å². The van der Waals surface area contributed by atoms with Gasteiger partial charge in [0.15, 0.2) is 0 Å². The van der Waals surface area contributed by atoms with E-state index in [4.69, 9.17) is 28.3 Å². The van der Waals surface area contributed by atoms with Crippen LogP contribution < -0.4 is 5.32 Å². The van der Waals surface area contributed by atoms with Crippen LogP contribution in [0.3, 0.4) is 0 Å². The van der Waals surface area contributed by atoms with Gasteiger partial charge in [-0.2, -0.15) is 0 Å². The topological polar surface area (TPSA) is 49.3 Å². The van der Waals surface area contributed by atoms with Crippen LogP contribution >= 0.6 is 23.2 Å². The number of hydrogen-bond donors (Lipinski definition) is 2. The number of aliphatic carboxylic acids is 1. The molecule has 0 fully saturated rings. The maximum absolute atomic E-state index is 11.0. The summed E-state index contributed by atoms with van der Waals surface area (Å²) >= 11 is 12.1. The molecule has 0 heterocycles. The Morgan fingerprint density at radius 1 is 1.39 bits per heavy atom. The normalized spacial score (nSPS) is 15.9. The molecule has 3 nitrogen and oxygen atoms in total. The molecule has 0 aromatic carbocycles. The predicted octanol–water partition coefficient (Wildman–Crippen LogP) is 3.18. The highest BCUT2D eigenvalue weighted by atomic mass is 35.5. The van der Waals surface area contributed by atoms with Crippen molar-refractivity contribution in [2.45, 2.75) is 13.3 Å². The van der Waals surface area contributed by atoms with Gasteiger partial charge in [0.1, 0.15) is 0 Å². The van der Waals surface area contributed by atoms with Gasteiger partial charge in [0.05, 0.1) is 15.6 Å². The number of carboxylic acid groups (broad SMARTS) is 1. The van der Waals surface area contributed by atoms with Gasteiger partial charge >= 0.3 is 5.97 Å². The van der Waals surface area contributed by atoms with Crippen molar-refractivity contribution >= 4 is 29.2 Å². The quantitative estimate of drug-likeness (QED) is 0.817. The number of hydrogen-bond acceptors (Lipinski definition) is 2. The first-order chi connectivity index (χ1) is 8.49. The summed E-state index contributed by atoms with van der Waals surface area (Å²) in [6.45, 7) is 7.33. The Balaban J connectivity index is 3.02. The zero-order valence-corrected chi connectivity index (χ0v) is 11.6. The Kier molecular flexibility index (Phi) is 5.66. The highest BCUT2D eigenvalue weighted by Crippen LogP contribution is 2.33. The maximum Gasteiger partial charge on any atom is 0.336 e. The van der Waals surface area contributed by atoms with E-state index >= 15 is 0 Å². The van der Waals surface area contributed by atoms with Gasteiger partial charge in [0, 0.05) is 6.54 Å². The minimum absolute atomic E-state index is 0.0316. The highest BCUT2D eigenvalue weighted by Gasteiger charge is 2.20. The molecule has 5 heteroatoms. The van der Waals surface area contributed by atoms with E-state index in [1.807, 2.05) is 13.0 Å². The molecule has 98 valence electrons. The fourth-order valence-electron chi connectivity index (χ4n) is 1.56. The third-order valence-corrected chi connectivity index (χ3v) is 3.39. The highest BCUT2D eigenvalue weighted by molar-refractivity contribution is 6.44. The minimum atomic E-state index is -1.08. The molecule has 0 radical (unpaired) electrons. The van der Waals surface area contributed by atoms with E-state index in [1.54, 1.807) is 6.08 Å². The monoisotopic (exact) mass is 287 g/mol. The van der Waals surface area contributed by atoms with Crippen molar-refractivity contribution in [1.29, 1.82) is 0 Å². The van der Waals surface area contributed by atoms with Crippen LogP contribution in [0.25, 0.3) is 0 Å². The summed E-state index contributed by atoms with van der Waals surface area (Å²) in [5, 5.41) is 12.5. The molecule has 0 bridgehead atoms. The summed E-state index contributed by atoms with van der Waals surface area (Å²) < 4.78 is 0. The van der Waals surface area contributed by atoms with E-state index in [-0.39, 0.29) is 15.6 Å². The lowest BCUT2D eigenvalue weighted by Gasteiger charge is -2.11. The van der Waals surface area contributed by atoms with Crippen molar-refractivity contribution in [2.24, 2.45) is 0 Å². The second-order valence-corrected chi connectivity index (χ2v) is 4.54. The molecule has 0 aliphatic heterocycles. The molecule has 0 atom stereocenters. The van der Waals surface area contributed by atoms with E-state index in [0.717, 1.165) is 12.1 Å². The number of carbonyl (C=O) groups is 1. The van der Waals surface area contributed by atoms with Crippen molar-refractivity contribution in [3.63, 3.8) is 0 Å². The molecular weight excluding hydrogens is 273 g/mol. The van der Waals surface area contributed by atoms with Crippen LogP contribution in [0.2, 0.25) is 0 Å². The molecular formula is C13H15Cl2NO2. The third kappa shape index (κ3) is 3.48. The zero-order chi connectivity index (χ0) is 13.7. The summed E-state index contributed by atoms with van der Waals surface area (Å²) in [6, 6.07) is 0. The molecule has 18 heavy (non-hydrogen) atoms. The van der Waals surface area contributed by atoms with Crippen molar-refractivity contribution in [1.82, 2.24) is 5.32 Å². The van der Waals surface area contributed by atoms with Crippen LogP contribution in [-0.2, 0) is 4.79 Å². The molecule has 1 rings (SSSR count). The van der Waals surface area contributed by atoms with Crippen molar-refractivity contribution in [2.75, 3.05) is 13.1 Å². The van der Waals surface area contributed by atoms with E-state index in [2.05, 4.69) is 11.9 Å². The lowest BCUT2D eigenvalue weighted by Crippen LogP contribution is -2.16. The maximum atomic E-state index is 11.0. The Labute approximate surface area is 116 Å². The molecule has 0 unspecified atom stereocenters. The number of allylic oxidation sites excluding steroid dienone is 3. The molecule has 0 saturated carbocycles. The molecule has 1 aliphatic rings. The van der Waals surface area contributed by atoms with E-state index in [0.29, 0.717) is 18.5 Å². The smallest absolute Gasteiger partial charge is 0.336 e. The predicted molar refractivity (Wildman–Crippen MR) is 74.8 cm³/mol. The average Bonchev–Trinajstić information content (AvgIpc) is 2.47. The zero-order valence-electron chi connectivity index (χ0n) is 10.1. The van der Waals surface area contributed by atoms with Gasteiger partial charge in [-0.15, -0.1) is 0 Å². The van der Waals surface area contributed by atoms with E-state index in [9.17, 15) is 4.79 Å². The molecule has 0 amide bonds. The van der Waals surface area contributed by atoms with Gasteiger partial charge in [-0.3, -0.25) is 0 Å². The van der Waals surface area contributed by atoms with Crippen LogP contribution in [0.5, 0.6) is 0 Å². The molecule has 0 aromatic rings. The fraction of sp³-hybridized carbons (Fsp3) is 0.308. The van der Waals surface area contributed by atoms with Gasteiger partial charge in [-0.1, -0.05) is 48.9 Å². The first kappa shape index (κ1) is 15.0. The standard InChI is InChI=1S/C13H15Cl2NO2/c1-3-16-7-8(2)9-5-4-6-10(13(17)18)12(15)11(9)14/h5-6,16H,2-4,7H2,1H3,(H,17,18). The van der Waals surface area contributed by atoms with Crippen molar-refractivity contribution in [3.8, 4) is 0 Å². The summed E-state index contributed by atoms with van der Waals surface area (Å²) in [6.07, 6.45) is 3.84. The van der Waals surface area contributed by atoms with Crippen LogP contribution in [0, 0.1) is 0 Å². The van der Waals surface area contributed by atoms with Gasteiger partial charge in [-0.25, -0.2) is 4.79 Å². The lowest BCUT2D eigenvalue weighted by atomic mass is 10.1. The van der Waals surface area contributed by atoms with Crippen LogP contribution in [0.4, 0.5) is 0 Å². The molecule has 0 saturated heterocycles. The number of nitrogens with one attached hydrogen (secondary N) is 1. The molecule has 2 N–H and O–H groups in total. The SMILES string of the molecule is C=C(CNCC)C1=CCC=C(C(=O)O)C(Cl)=C1Cl. The number of carboxylic acids is 1. The summed E-state index contributed by atoms with van der Waals surface area (Å²) in [7, 11) is 0. The molecule has 1 aliphatic carbocycles. The number of halogens is 2. The summed E-state index contributed by atoms with van der Waals surface area (Å²) in [5.74, 6) is -1.08. The van der Waals surface area contributed by atoms with Gasteiger partial charge < -0.3 is 10.4 Å². The fourth-order valence-corrected chi connectivity index (χ4v) is 2.13. The largest absolute Gasteiger partial charge is 0.478 e. The third-order valence-electron chi connectivity index (χ3n) is 2.51.